The minimum atomic E-state index is -0.723. The van der Waals surface area contributed by atoms with E-state index >= 15 is 0 Å². The maximum absolute atomic E-state index is 12.7. The number of hydrogen-bond acceptors (Lipinski definition) is 3. The highest BCUT2D eigenvalue weighted by Gasteiger charge is 2.05. The number of aliphatic hydroxyl groups is 1. The first-order valence-electron chi connectivity index (χ1n) is 4.10. The number of nitrogens with one attached hydrogen (secondary N) is 1. The van der Waals surface area contributed by atoms with Gasteiger partial charge in [0.25, 0.3) is 0 Å². The summed E-state index contributed by atoms with van der Waals surface area (Å²) in [6.07, 6.45) is -0.723. The molecule has 3 nitrogen and oxygen atoms in total. The second-order valence-electron chi connectivity index (χ2n) is 2.85. The van der Waals surface area contributed by atoms with Crippen LogP contribution in [0.3, 0.4) is 0 Å². The Morgan fingerprint density at radius 1 is 1.50 bits per heavy atom. The molecule has 1 aromatic carbocycles. The van der Waals surface area contributed by atoms with Crippen molar-refractivity contribution in [3.63, 3.8) is 0 Å². The molecular weight excluding hydrogens is 209 g/mol. The Labute approximate surface area is 86.1 Å². The Hall–Kier alpha value is -1.00. The quantitative estimate of drug-likeness (QED) is 0.532. The van der Waals surface area contributed by atoms with Crippen LogP contribution in [0.15, 0.2) is 18.2 Å². The molecule has 0 amide bonds. The third kappa shape index (κ3) is 3.05. The predicted molar refractivity (Wildman–Crippen MR) is 53.3 cm³/mol. The van der Waals surface area contributed by atoms with Gasteiger partial charge in [-0.3, -0.25) is 0 Å². The molecule has 1 rings (SSSR count). The molecule has 0 saturated carbocycles. The van der Waals surface area contributed by atoms with Crippen LogP contribution in [0.25, 0.3) is 0 Å². The van der Waals surface area contributed by atoms with Gasteiger partial charge < -0.3 is 15.5 Å². The molecule has 1 atom stereocenters. The fraction of sp³-hybridized carbons (Fsp3) is 0.333. The molecule has 0 saturated heterocycles. The van der Waals surface area contributed by atoms with E-state index in [1.54, 1.807) is 0 Å². The van der Waals surface area contributed by atoms with E-state index in [2.05, 4.69) is 5.32 Å². The van der Waals surface area contributed by atoms with E-state index in [0.717, 1.165) is 12.1 Å². The second kappa shape index (κ2) is 5.02. The van der Waals surface area contributed by atoms with Gasteiger partial charge in [-0.2, -0.15) is 0 Å². The van der Waals surface area contributed by atoms with Gasteiger partial charge in [0.05, 0.1) is 17.7 Å². The molecule has 78 valence electrons. The van der Waals surface area contributed by atoms with Crippen LogP contribution in [-0.2, 0) is 0 Å². The van der Waals surface area contributed by atoms with Crippen molar-refractivity contribution in [3.05, 3.63) is 24.0 Å². The Balaban J connectivity index is 2.62. The predicted octanol–water partition coefficient (Wildman–Crippen LogP) is 1.54. The van der Waals surface area contributed by atoms with Gasteiger partial charge in [0.2, 0.25) is 0 Å². The average molecular weight is 220 g/mol. The summed E-state index contributed by atoms with van der Waals surface area (Å²) < 4.78 is 12.7. The number of hydrogen-bond donors (Lipinski definition) is 3. The number of alkyl halides is 1. The van der Waals surface area contributed by atoms with Crippen LogP contribution >= 0.6 is 11.6 Å². The summed E-state index contributed by atoms with van der Waals surface area (Å²) in [4.78, 5) is 0. The lowest BCUT2D eigenvalue weighted by Gasteiger charge is -2.11. The van der Waals surface area contributed by atoms with E-state index < -0.39 is 11.9 Å². The molecule has 5 heteroatoms. The highest BCUT2D eigenvalue weighted by Crippen LogP contribution is 2.23. The molecular formula is C9H11ClFNO2. The first-order chi connectivity index (χ1) is 6.63. The molecule has 0 heterocycles. The van der Waals surface area contributed by atoms with Gasteiger partial charge in [0.1, 0.15) is 11.6 Å². The van der Waals surface area contributed by atoms with E-state index in [1.165, 1.54) is 6.07 Å². The zero-order valence-electron chi connectivity index (χ0n) is 7.37. The Bertz CT molecular complexity index is 309. The van der Waals surface area contributed by atoms with Crippen LogP contribution in [0, 0.1) is 5.82 Å². The van der Waals surface area contributed by atoms with Crippen molar-refractivity contribution >= 4 is 17.3 Å². The molecule has 0 radical (unpaired) electrons. The Morgan fingerprint density at radius 3 is 2.86 bits per heavy atom. The molecule has 1 unspecified atom stereocenters. The standard InChI is InChI=1S/C9H11ClFNO2/c10-4-7(13)5-12-8-3-6(11)1-2-9(8)14/h1-3,7,12-14H,4-5H2. The number of halogens is 2. The maximum Gasteiger partial charge on any atom is 0.138 e. The molecule has 0 bridgehead atoms. The Morgan fingerprint density at radius 2 is 2.21 bits per heavy atom. The summed E-state index contributed by atoms with van der Waals surface area (Å²) in [6, 6.07) is 3.54. The minimum absolute atomic E-state index is 0.0619. The first kappa shape index (κ1) is 11.1. The molecule has 3 N–H and O–H groups in total. The van der Waals surface area contributed by atoms with Crippen molar-refractivity contribution in [2.45, 2.75) is 6.10 Å². The zero-order chi connectivity index (χ0) is 10.6. The van der Waals surface area contributed by atoms with Crippen molar-refractivity contribution in [2.75, 3.05) is 17.7 Å². The van der Waals surface area contributed by atoms with Gasteiger partial charge in [-0.05, 0) is 12.1 Å². The maximum atomic E-state index is 12.7. The van der Waals surface area contributed by atoms with Gasteiger partial charge in [-0.25, -0.2) is 4.39 Å². The van der Waals surface area contributed by atoms with Crippen LogP contribution < -0.4 is 5.32 Å². The number of phenols is 1. The van der Waals surface area contributed by atoms with Crippen LogP contribution in [0.5, 0.6) is 5.75 Å². The SMILES string of the molecule is Oc1ccc(F)cc1NCC(O)CCl. The fourth-order valence-corrected chi connectivity index (χ4v) is 1.04. The number of benzene rings is 1. The summed E-state index contributed by atoms with van der Waals surface area (Å²) in [5, 5.41) is 21.1. The lowest BCUT2D eigenvalue weighted by molar-refractivity contribution is 0.211. The smallest absolute Gasteiger partial charge is 0.138 e. The van der Waals surface area contributed by atoms with E-state index in [4.69, 9.17) is 16.7 Å². The lowest BCUT2D eigenvalue weighted by Crippen LogP contribution is -2.20. The zero-order valence-corrected chi connectivity index (χ0v) is 8.13. The molecule has 0 aromatic heterocycles. The number of phenolic OH excluding ortho intramolecular Hbond substituents is 1. The van der Waals surface area contributed by atoms with Crippen molar-refractivity contribution in [3.8, 4) is 5.75 Å². The summed E-state index contributed by atoms with van der Waals surface area (Å²) in [6.45, 7) is 0.167. The molecule has 0 fully saturated rings. The normalized spacial score (nSPS) is 12.5. The largest absolute Gasteiger partial charge is 0.506 e. The highest BCUT2D eigenvalue weighted by molar-refractivity contribution is 6.18. The van der Waals surface area contributed by atoms with Crippen LogP contribution in [0.1, 0.15) is 0 Å². The van der Waals surface area contributed by atoms with E-state index in [1.807, 2.05) is 0 Å². The van der Waals surface area contributed by atoms with Crippen molar-refractivity contribution < 1.29 is 14.6 Å². The lowest BCUT2D eigenvalue weighted by atomic mass is 10.2. The number of aromatic hydroxyl groups is 1. The summed E-state index contributed by atoms with van der Waals surface area (Å²) in [7, 11) is 0. The van der Waals surface area contributed by atoms with E-state index in [-0.39, 0.29) is 23.9 Å². The van der Waals surface area contributed by atoms with E-state index in [9.17, 15) is 9.50 Å². The third-order valence-corrected chi connectivity index (χ3v) is 2.02. The number of rotatable bonds is 4. The monoisotopic (exact) mass is 219 g/mol. The van der Waals surface area contributed by atoms with Crippen molar-refractivity contribution in [1.29, 1.82) is 0 Å². The third-order valence-electron chi connectivity index (χ3n) is 1.66. The molecule has 1 aromatic rings. The van der Waals surface area contributed by atoms with E-state index in [0.29, 0.717) is 0 Å². The van der Waals surface area contributed by atoms with Crippen LogP contribution in [0.4, 0.5) is 10.1 Å². The summed E-state index contributed by atoms with van der Waals surface area (Å²) in [5.41, 5.74) is 0.245. The number of aliphatic hydroxyl groups excluding tert-OH is 1. The first-order valence-corrected chi connectivity index (χ1v) is 4.63. The van der Waals surface area contributed by atoms with Gasteiger partial charge in [0, 0.05) is 12.6 Å². The molecule has 0 spiro atoms. The summed E-state index contributed by atoms with van der Waals surface area (Å²) >= 11 is 5.36. The van der Waals surface area contributed by atoms with Crippen LogP contribution in [-0.4, -0.2) is 28.7 Å². The minimum Gasteiger partial charge on any atom is -0.506 e. The van der Waals surface area contributed by atoms with Gasteiger partial charge in [-0.15, -0.1) is 11.6 Å². The van der Waals surface area contributed by atoms with Gasteiger partial charge in [0.15, 0.2) is 0 Å². The number of anilines is 1. The van der Waals surface area contributed by atoms with Crippen molar-refractivity contribution in [2.24, 2.45) is 0 Å². The van der Waals surface area contributed by atoms with Gasteiger partial charge in [-0.1, -0.05) is 0 Å². The second-order valence-corrected chi connectivity index (χ2v) is 3.16. The molecule has 0 aliphatic rings. The average Bonchev–Trinajstić information content (AvgIpc) is 2.19. The molecule has 0 aliphatic heterocycles. The highest BCUT2D eigenvalue weighted by atomic mass is 35.5. The topological polar surface area (TPSA) is 52.5 Å². The van der Waals surface area contributed by atoms with Gasteiger partial charge >= 0.3 is 0 Å². The van der Waals surface area contributed by atoms with Crippen LogP contribution in [0.2, 0.25) is 0 Å². The Kier molecular flexibility index (Phi) is 3.98. The van der Waals surface area contributed by atoms with Crippen molar-refractivity contribution in [1.82, 2.24) is 0 Å². The summed E-state index contributed by atoms with van der Waals surface area (Å²) in [5.74, 6) is -0.429. The molecule has 14 heavy (non-hydrogen) atoms. The molecule has 0 aliphatic carbocycles. The fourth-order valence-electron chi connectivity index (χ4n) is 0.932.